The van der Waals surface area contributed by atoms with Gasteiger partial charge in [-0.3, -0.25) is 15.6 Å². The molecule has 3 N–H and O–H groups in total. The van der Waals surface area contributed by atoms with Gasteiger partial charge in [-0.15, -0.1) is 5.10 Å². The lowest BCUT2D eigenvalue weighted by Crippen LogP contribution is -2.18. The van der Waals surface area contributed by atoms with E-state index in [0.717, 1.165) is 12.1 Å². The number of hydrogen-bond donors (Lipinski definition) is 3. The number of aromatic nitrogens is 5. The van der Waals surface area contributed by atoms with E-state index in [4.69, 9.17) is 0 Å². The zero-order chi connectivity index (χ0) is 17.8. The van der Waals surface area contributed by atoms with E-state index >= 15 is 0 Å². The maximum Gasteiger partial charge on any atom is 0.292 e. The van der Waals surface area contributed by atoms with Crippen LogP contribution in [0.15, 0.2) is 65.5 Å². The lowest BCUT2D eigenvalue weighted by molar-refractivity contribution is 0.604. The van der Waals surface area contributed by atoms with E-state index in [9.17, 15) is 4.79 Å². The molecule has 0 atom stereocenters. The van der Waals surface area contributed by atoms with Gasteiger partial charge in [-0.2, -0.15) is 5.10 Å². The number of hydrogen-bond acceptors (Lipinski definition) is 6. The smallest absolute Gasteiger partial charge is 0.292 e. The van der Waals surface area contributed by atoms with Crippen molar-refractivity contribution in [2.45, 2.75) is 13.0 Å². The number of fused-ring (bicyclic) bond motifs is 1. The molecule has 0 fully saturated rings. The van der Waals surface area contributed by atoms with Gasteiger partial charge in [-0.1, -0.05) is 53.7 Å². The highest BCUT2D eigenvalue weighted by Crippen LogP contribution is 2.15. The molecule has 0 bridgehead atoms. The Morgan fingerprint density at radius 2 is 1.69 bits per heavy atom. The first-order valence-electron chi connectivity index (χ1n) is 8.24. The highest BCUT2D eigenvalue weighted by atomic mass is 16.1. The molecule has 8 nitrogen and oxygen atoms in total. The Morgan fingerprint density at radius 3 is 2.46 bits per heavy atom. The summed E-state index contributed by atoms with van der Waals surface area (Å²) in [6, 6.07) is 19.6. The summed E-state index contributed by atoms with van der Waals surface area (Å²) in [5.41, 5.74) is 8.54. The summed E-state index contributed by atoms with van der Waals surface area (Å²) in [6.07, 6.45) is 0.756. The van der Waals surface area contributed by atoms with E-state index in [0.29, 0.717) is 23.4 Å². The van der Waals surface area contributed by atoms with Crippen LogP contribution in [0.1, 0.15) is 5.56 Å². The number of hydrazine groups is 1. The monoisotopic (exact) mass is 347 g/mol. The van der Waals surface area contributed by atoms with Crippen molar-refractivity contribution in [2.24, 2.45) is 0 Å². The van der Waals surface area contributed by atoms with E-state index < -0.39 is 0 Å². The topological polar surface area (TPSA) is 101 Å². The summed E-state index contributed by atoms with van der Waals surface area (Å²) in [6.45, 7) is 0.555. The molecule has 4 rings (SSSR count). The first kappa shape index (κ1) is 15.8. The number of rotatable bonds is 6. The van der Waals surface area contributed by atoms with Crippen molar-refractivity contribution in [2.75, 3.05) is 10.9 Å². The van der Waals surface area contributed by atoms with Crippen molar-refractivity contribution in [3.05, 3.63) is 76.6 Å². The van der Waals surface area contributed by atoms with E-state index in [-0.39, 0.29) is 5.56 Å². The molecular formula is C18H17N7O. The standard InChI is InChI=1S/C18H17N7O/c26-18-16-15(17(22-23-18)21-19-14-9-5-2-6-10-14)20-24-25(16)12-11-13-7-3-1-4-8-13/h1-10,19H,11-12H2,(H,21,22)(H,23,26). The molecular weight excluding hydrogens is 330 g/mol. The lowest BCUT2D eigenvalue weighted by atomic mass is 10.1. The van der Waals surface area contributed by atoms with Crippen LogP contribution in [-0.2, 0) is 13.0 Å². The maximum atomic E-state index is 12.2. The Hall–Kier alpha value is -3.68. The number of para-hydroxylation sites is 1. The highest BCUT2D eigenvalue weighted by molar-refractivity contribution is 5.84. The van der Waals surface area contributed by atoms with E-state index in [1.165, 1.54) is 5.56 Å². The first-order chi connectivity index (χ1) is 12.8. The molecule has 0 saturated carbocycles. The predicted molar refractivity (Wildman–Crippen MR) is 99.8 cm³/mol. The van der Waals surface area contributed by atoms with Crippen LogP contribution in [0.3, 0.4) is 0 Å². The lowest BCUT2D eigenvalue weighted by Gasteiger charge is -2.08. The second kappa shape index (κ2) is 7.06. The molecule has 2 aromatic carbocycles. The quantitative estimate of drug-likeness (QED) is 0.462. The Balaban J connectivity index is 1.58. The third kappa shape index (κ3) is 3.25. The zero-order valence-corrected chi connectivity index (χ0v) is 13.9. The SMILES string of the molecule is O=c1[nH]nc(NNc2ccccc2)c2nnn(CCc3ccccc3)c12. The minimum atomic E-state index is -0.316. The van der Waals surface area contributed by atoms with Crippen LogP contribution in [-0.4, -0.2) is 25.2 Å². The Kier molecular flexibility index (Phi) is 4.29. The van der Waals surface area contributed by atoms with Crippen molar-refractivity contribution in [3.8, 4) is 0 Å². The molecule has 8 heteroatoms. The van der Waals surface area contributed by atoms with Crippen LogP contribution in [0.4, 0.5) is 11.5 Å². The van der Waals surface area contributed by atoms with E-state index in [1.54, 1.807) is 4.68 Å². The average Bonchev–Trinajstić information content (AvgIpc) is 3.13. The molecule has 0 aliphatic heterocycles. The summed E-state index contributed by atoms with van der Waals surface area (Å²) in [5, 5.41) is 14.8. The second-order valence-electron chi connectivity index (χ2n) is 5.76. The number of nitrogens with one attached hydrogen (secondary N) is 3. The van der Waals surface area contributed by atoms with Gasteiger partial charge in [0.1, 0.15) is 0 Å². The Bertz CT molecular complexity index is 1060. The fourth-order valence-electron chi connectivity index (χ4n) is 2.69. The number of anilines is 2. The summed E-state index contributed by atoms with van der Waals surface area (Å²) < 4.78 is 1.61. The molecule has 0 amide bonds. The number of aryl methyl sites for hydroxylation is 2. The van der Waals surface area contributed by atoms with Crippen LogP contribution >= 0.6 is 0 Å². The number of aromatic amines is 1. The molecule has 0 radical (unpaired) electrons. The van der Waals surface area contributed by atoms with Crippen molar-refractivity contribution in [3.63, 3.8) is 0 Å². The van der Waals surface area contributed by atoms with Gasteiger partial charge in [-0.25, -0.2) is 9.78 Å². The van der Waals surface area contributed by atoms with Gasteiger partial charge in [0.15, 0.2) is 16.9 Å². The average molecular weight is 347 g/mol. The van der Waals surface area contributed by atoms with Gasteiger partial charge in [0.05, 0.1) is 5.69 Å². The molecule has 0 saturated heterocycles. The fraction of sp³-hybridized carbons (Fsp3) is 0.111. The molecule has 2 heterocycles. The minimum Gasteiger partial charge on any atom is -0.300 e. The molecule has 0 spiro atoms. The van der Waals surface area contributed by atoms with Gasteiger partial charge in [0.25, 0.3) is 5.56 Å². The van der Waals surface area contributed by atoms with Crippen LogP contribution in [0, 0.1) is 0 Å². The van der Waals surface area contributed by atoms with Crippen LogP contribution in [0.5, 0.6) is 0 Å². The molecule has 130 valence electrons. The summed E-state index contributed by atoms with van der Waals surface area (Å²) in [5.74, 6) is 0.411. The van der Waals surface area contributed by atoms with Crippen molar-refractivity contribution in [1.29, 1.82) is 0 Å². The van der Waals surface area contributed by atoms with Crippen LogP contribution in [0.2, 0.25) is 0 Å². The Labute approximate surface area is 148 Å². The largest absolute Gasteiger partial charge is 0.300 e. The molecule has 4 aromatic rings. The normalized spacial score (nSPS) is 10.8. The third-order valence-corrected chi connectivity index (χ3v) is 4.00. The van der Waals surface area contributed by atoms with Crippen LogP contribution in [0.25, 0.3) is 11.0 Å². The van der Waals surface area contributed by atoms with Gasteiger partial charge in [0.2, 0.25) is 0 Å². The fourth-order valence-corrected chi connectivity index (χ4v) is 2.69. The van der Waals surface area contributed by atoms with Gasteiger partial charge >= 0.3 is 0 Å². The van der Waals surface area contributed by atoms with E-state index in [1.807, 2.05) is 60.7 Å². The van der Waals surface area contributed by atoms with E-state index in [2.05, 4.69) is 31.4 Å². The minimum absolute atomic E-state index is 0.316. The molecule has 26 heavy (non-hydrogen) atoms. The summed E-state index contributed by atoms with van der Waals surface area (Å²) >= 11 is 0. The molecule has 2 aromatic heterocycles. The van der Waals surface area contributed by atoms with Crippen molar-refractivity contribution >= 4 is 22.5 Å². The number of nitrogens with zero attached hydrogens (tertiary/aromatic N) is 4. The van der Waals surface area contributed by atoms with Crippen LogP contribution < -0.4 is 16.4 Å². The summed E-state index contributed by atoms with van der Waals surface area (Å²) in [7, 11) is 0. The van der Waals surface area contributed by atoms with Crippen molar-refractivity contribution in [1.82, 2.24) is 25.2 Å². The third-order valence-electron chi connectivity index (χ3n) is 4.00. The predicted octanol–water partition coefficient (Wildman–Crippen LogP) is 2.20. The number of H-pyrrole nitrogens is 1. The molecule has 0 aliphatic carbocycles. The Morgan fingerprint density at radius 1 is 0.962 bits per heavy atom. The van der Waals surface area contributed by atoms with Gasteiger partial charge < -0.3 is 0 Å². The maximum absolute atomic E-state index is 12.2. The molecule has 0 unspecified atom stereocenters. The second-order valence-corrected chi connectivity index (χ2v) is 5.76. The molecule has 0 aliphatic rings. The number of benzene rings is 2. The highest BCUT2D eigenvalue weighted by Gasteiger charge is 2.14. The van der Waals surface area contributed by atoms with Gasteiger partial charge in [-0.05, 0) is 24.1 Å². The summed E-state index contributed by atoms with van der Waals surface area (Å²) in [4.78, 5) is 12.2. The van der Waals surface area contributed by atoms with Gasteiger partial charge in [0, 0.05) is 6.54 Å². The first-order valence-corrected chi connectivity index (χ1v) is 8.24. The van der Waals surface area contributed by atoms with Crippen molar-refractivity contribution < 1.29 is 0 Å². The zero-order valence-electron chi connectivity index (χ0n) is 13.9.